The van der Waals surface area contributed by atoms with Crippen LogP contribution < -0.4 is 0 Å². The van der Waals surface area contributed by atoms with Crippen molar-refractivity contribution in [3.8, 4) is 0 Å². The smallest absolute Gasteiger partial charge is 0.446 e. The zero-order valence-electron chi connectivity index (χ0n) is 10.7. The quantitative estimate of drug-likeness (QED) is 0.603. The number of rotatable bonds is 5. The normalized spacial score (nSPS) is 11.4. The van der Waals surface area contributed by atoms with Gasteiger partial charge >= 0.3 is 11.5 Å². The molecule has 1 rings (SSSR count). The van der Waals surface area contributed by atoms with Crippen LogP contribution in [0.2, 0.25) is 0 Å². The van der Waals surface area contributed by atoms with E-state index in [0.717, 1.165) is 5.56 Å². The Bertz CT molecular complexity index is 444. The molecule has 0 saturated heterocycles. The van der Waals surface area contributed by atoms with Crippen LogP contribution in [-0.2, 0) is 16.0 Å². The predicted octanol–water partition coefficient (Wildman–Crippen LogP) is 4.10. The van der Waals surface area contributed by atoms with E-state index in [0.29, 0.717) is 5.56 Å². The van der Waals surface area contributed by atoms with Gasteiger partial charge in [-0.3, -0.25) is 4.79 Å². The van der Waals surface area contributed by atoms with Gasteiger partial charge in [-0.1, -0.05) is 12.1 Å². The van der Waals surface area contributed by atoms with Gasteiger partial charge in [0.15, 0.2) is 0 Å². The number of hydrogen-bond donors (Lipinski definition) is 0. The summed E-state index contributed by atoms with van der Waals surface area (Å²) in [5.41, 5.74) is -3.02. The lowest BCUT2D eigenvalue weighted by Crippen LogP contribution is -2.07. The lowest BCUT2D eigenvalue weighted by atomic mass is 10.0. The van der Waals surface area contributed by atoms with Crippen LogP contribution in [-0.4, -0.2) is 18.1 Å². The standard InChI is InChI=1S/C13H15F3O2S/c1-3-18-12(17)8-7-10-9(2)5-4-6-11(10)19-13(14,15)16/h4-6H,3,7-8H2,1-2H3. The second-order valence-electron chi connectivity index (χ2n) is 3.90. The number of halogens is 3. The van der Waals surface area contributed by atoms with Crippen molar-refractivity contribution in [3.63, 3.8) is 0 Å². The predicted molar refractivity (Wildman–Crippen MR) is 68.0 cm³/mol. The van der Waals surface area contributed by atoms with Crippen LogP contribution in [0, 0.1) is 6.92 Å². The Hall–Kier alpha value is -1.17. The van der Waals surface area contributed by atoms with Crippen LogP contribution in [0.5, 0.6) is 0 Å². The van der Waals surface area contributed by atoms with Gasteiger partial charge in [-0.25, -0.2) is 0 Å². The molecule has 0 radical (unpaired) electrons. The Morgan fingerprint density at radius 1 is 1.37 bits per heavy atom. The van der Waals surface area contributed by atoms with Crippen molar-refractivity contribution in [2.75, 3.05) is 6.61 Å². The molecule has 0 aliphatic rings. The second-order valence-corrected chi connectivity index (χ2v) is 5.01. The number of thioether (sulfide) groups is 1. The summed E-state index contributed by atoms with van der Waals surface area (Å²) in [5.74, 6) is -0.395. The van der Waals surface area contributed by atoms with Crippen molar-refractivity contribution in [2.24, 2.45) is 0 Å². The Morgan fingerprint density at radius 3 is 2.63 bits per heavy atom. The fourth-order valence-corrected chi connectivity index (χ4v) is 2.46. The molecular formula is C13H15F3O2S. The lowest BCUT2D eigenvalue weighted by molar-refractivity contribution is -0.143. The molecule has 0 saturated carbocycles. The van der Waals surface area contributed by atoms with Crippen LogP contribution in [0.3, 0.4) is 0 Å². The van der Waals surface area contributed by atoms with Crippen molar-refractivity contribution in [1.29, 1.82) is 0 Å². The topological polar surface area (TPSA) is 26.3 Å². The molecule has 106 valence electrons. The number of esters is 1. The molecule has 2 nitrogen and oxygen atoms in total. The Morgan fingerprint density at radius 2 is 2.05 bits per heavy atom. The van der Waals surface area contributed by atoms with Crippen molar-refractivity contribution in [3.05, 3.63) is 29.3 Å². The molecule has 6 heteroatoms. The average molecular weight is 292 g/mol. The van der Waals surface area contributed by atoms with Crippen LogP contribution in [0.4, 0.5) is 13.2 Å². The molecule has 0 aliphatic heterocycles. The maximum Gasteiger partial charge on any atom is 0.446 e. The number of hydrogen-bond acceptors (Lipinski definition) is 3. The molecule has 0 spiro atoms. The highest BCUT2D eigenvalue weighted by Crippen LogP contribution is 2.39. The fraction of sp³-hybridized carbons (Fsp3) is 0.462. The summed E-state index contributed by atoms with van der Waals surface area (Å²) < 4.78 is 42.1. The molecule has 0 atom stereocenters. The van der Waals surface area contributed by atoms with E-state index < -0.39 is 11.5 Å². The van der Waals surface area contributed by atoms with E-state index >= 15 is 0 Å². The van der Waals surface area contributed by atoms with Gasteiger partial charge in [0.2, 0.25) is 0 Å². The van der Waals surface area contributed by atoms with Gasteiger partial charge in [0.25, 0.3) is 0 Å². The van der Waals surface area contributed by atoms with Crippen LogP contribution in [0.1, 0.15) is 24.5 Å². The van der Waals surface area contributed by atoms with Crippen LogP contribution in [0.25, 0.3) is 0 Å². The minimum Gasteiger partial charge on any atom is -0.466 e. The first-order valence-electron chi connectivity index (χ1n) is 5.83. The van der Waals surface area contributed by atoms with Crippen molar-refractivity contribution in [1.82, 2.24) is 0 Å². The third kappa shape index (κ3) is 5.55. The highest BCUT2D eigenvalue weighted by atomic mass is 32.2. The molecule has 0 fully saturated rings. The summed E-state index contributed by atoms with van der Waals surface area (Å²) in [5, 5.41) is 0. The number of carbonyl (C=O) groups is 1. The number of carbonyl (C=O) groups excluding carboxylic acids is 1. The minimum atomic E-state index is -4.33. The number of ether oxygens (including phenoxy) is 1. The molecule has 0 aliphatic carbocycles. The lowest BCUT2D eigenvalue weighted by Gasteiger charge is -2.13. The van der Waals surface area contributed by atoms with Crippen molar-refractivity contribution in [2.45, 2.75) is 37.1 Å². The van der Waals surface area contributed by atoms with E-state index in [1.807, 2.05) is 0 Å². The van der Waals surface area contributed by atoms with Gasteiger partial charge in [-0.2, -0.15) is 13.2 Å². The average Bonchev–Trinajstić information content (AvgIpc) is 2.26. The van der Waals surface area contributed by atoms with Crippen molar-refractivity contribution < 1.29 is 22.7 Å². The molecule has 19 heavy (non-hydrogen) atoms. The number of alkyl halides is 3. The molecule has 1 aromatic rings. The second kappa shape index (κ2) is 6.84. The summed E-state index contributed by atoms with van der Waals surface area (Å²) in [4.78, 5) is 11.4. The molecule has 1 aromatic carbocycles. The first-order valence-corrected chi connectivity index (χ1v) is 6.65. The molecular weight excluding hydrogens is 277 g/mol. The molecule has 0 aromatic heterocycles. The zero-order valence-corrected chi connectivity index (χ0v) is 11.5. The van der Waals surface area contributed by atoms with Gasteiger partial charge in [-0.05, 0) is 49.2 Å². The summed E-state index contributed by atoms with van der Waals surface area (Å²) in [6.45, 7) is 3.70. The number of benzene rings is 1. The zero-order chi connectivity index (χ0) is 14.5. The van der Waals surface area contributed by atoms with E-state index in [-0.39, 0.29) is 36.1 Å². The SMILES string of the molecule is CCOC(=O)CCc1c(C)cccc1SC(F)(F)F. The van der Waals surface area contributed by atoms with Crippen LogP contribution in [0.15, 0.2) is 23.1 Å². The van der Waals surface area contributed by atoms with Gasteiger partial charge in [0.1, 0.15) is 0 Å². The molecule has 0 amide bonds. The first-order chi connectivity index (χ1) is 8.83. The van der Waals surface area contributed by atoms with Crippen molar-refractivity contribution >= 4 is 17.7 Å². The minimum absolute atomic E-state index is 0.0874. The Kier molecular flexibility index (Phi) is 5.72. The maximum atomic E-state index is 12.4. The van der Waals surface area contributed by atoms with Gasteiger partial charge in [0.05, 0.1) is 6.61 Å². The summed E-state index contributed by atoms with van der Waals surface area (Å²) in [6.07, 6.45) is 0.341. The third-order valence-corrected chi connectivity index (χ3v) is 3.31. The van der Waals surface area contributed by atoms with E-state index in [1.165, 1.54) is 6.07 Å². The van der Waals surface area contributed by atoms with E-state index in [2.05, 4.69) is 0 Å². The van der Waals surface area contributed by atoms with E-state index in [9.17, 15) is 18.0 Å². The third-order valence-electron chi connectivity index (χ3n) is 2.48. The monoisotopic (exact) mass is 292 g/mol. The number of aryl methyl sites for hydroxylation is 1. The maximum absolute atomic E-state index is 12.4. The van der Waals surface area contributed by atoms with E-state index in [1.54, 1.807) is 26.0 Å². The molecule has 0 N–H and O–H groups in total. The van der Waals surface area contributed by atoms with Gasteiger partial charge < -0.3 is 4.74 Å². The Balaban J connectivity index is 2.83. The summed E-state index contributed by atoms with van der Waals surface area (Å²) in [7, 11) is 0. The van der Waals surface area contributed by atoms with E-state index in [4.69, 9.17) is 4.74 Å². The molecule has 0 unspecified atom stereocenters. The first kappa shape index (κ1) is 15.9. The van der Waals surface area contributed by atoms with Crippen LogP contribution >= 0.6 is 11.8 Å². The fourth-order valence-electron chi connectivity index (χ4n) is 1.68. The van der Waals surface area contributed by atoms with Gasteiger partial charge in [0, 0.05) is 11.3 Å². The largest absolute Gasteiger partial charge is 0.466 e. The molecule has 0 bridgehead atoms. The Labute approximate surface area is 114 Å². The molecule has 0 heterocycles. The highest BCUT2D eigenvalue weighted by Gasteiger charge is 2.30. The summed E-state index contributed by atoms with van der Waals surface area (Å²) in [6, 6.07) is 4.74. The highest BCUT2D eigenvalue weighted by molar-refractivity contribution is 8.00. The van der Waals surface area contributed by atoms with Gasteiger partial charge in [-0.15, -0.1) is 0 Å². The summed E-state index contributed by atoms with van der Waals surface area (Å²) >= 11 is -0.146.